The largest absolute Gasteiger partial charge is 0.455 e. The smallest absolute Gasteiger partial charge is 0.143 e. The van der Waals surface area contributed by atoms with Crippen molar-refractivity contribution in [3.63, 3.8) is 0 Å². The summed E-state index contributed by atoms with van der Waals surface area (Å²) in [5, 5.41) is 4.73. The molecular weight excluding hydrogens is 583 g/mol. The van der Waals surface area contributed by atoms with Crippen molar-refractivity contribution in [2.45, 2.75) is 0 Å². The van der Waals surface area contributed by atoms with Gasteiger partial charge in [0.05, 0.1) is 0 Å². The molecule has 0 unspecified atom stereocenters. The first kappa shape index (κ1) is 27.9. The Bertz CT molecular complexity index is 2480. The van der Waals surface area contributed by atoms with Crippen molar-refractivity contribution < 1.29 is 4.42 Å². The summed E-state index contributed by atoms with van der Waals surface area (Å²) in [6.45, 7) is 0. The van der Waals surface area contributed by atoms with E-state index in [4.69, 9.17) is 4.42 Å². The highest BCUT2D eigenvalue weighted by Gasteiger charge is 2.19. The van der Waals surface area contributed by atoms with Crippen molar-refractivity contribution in [2.75, 3.05) is 4.90 Å². The zero-order valence-electron chi connectivity index (χ0n) is 26.3. The van der Waals surface area contributed by atoms with E-state index in [0.717, 1.165) is 50.3 Å². The summed E-state index contributed by atoms with van der Waals surface area (Å²) >= 11 is 0. The van der Waals surface area contributed by atoms with Crippen LogP contribution in [-0.4, -0.2) is 0 Å². The normalized spacial score (nSPS) is 11.3. The number of benzene rings is 8. The maximum atomic E-state index is 6.69. The van der Waals surface area contributed by atoms with Gasteiger partial charge in [0.25, 0.3) is 0 Å². The number of nitrogens with zero attached hydrogens (tertiary/aromatic N) is 1. The first-order chi connectivity index (χ1) is 23.8. The fourth-order valence-corrected chi connectivity index (χ4v) is 6.99. The number of rotatable bonds is 6. The summed E-state index contributed by atoms with van der Waals surface area (Å²) in [5.41, 5.74) is 12.2. The van der Waals surface area contributed by atoms with Gasteiger partial charge in [-0.1, -0.05) is 140 Å². The molecule has 2 heteroatoms. The molecule has 1 heterocycles. The highest BCUT2D eigenvalue weighted by Crippen LogP contribution is 2.44. The number of anilines is 3. The second kappa shape index (κ2) is 11.8. The molecule has 0 spiro atoms. The van der Waals surface area contributed by atoms with Gasteiger partial charge in [-0.25, -0.2) is 0 Å². The van der Waals surface area contributed by atoms with Crippen molar-refractivity contribution >= 4 is 49.8 Å². The lowest BCUT2D eigenvalue weighted by atomic mass is 9.93. The molecule has 0 saturated heterocycles. The van der Waals surface area contributed by atoms with E-state index in [1.165, 1.54) is 32.8 Å². The molecule has 1 aromatic heterocycles. The van der Waals surface area contributed by atoms with Gasteiger partial charge in [-0.3, -0.25) is 0 Å². The summed E-state index contributed by atoms with van der Waals surface area (Å²) in [4.78, 5) is 2.29. The van der Waals surface area contributed by atoms with Crippen LogP contribution in [0.2, 0.25) is 0 Å². The third-order valence-electron chi connectivity index (χ3n) is 9.26. The molecule has 48 heavy (non-hydrogen) atoms. The second-order valence-corrected chi connectivity index (χ2v) is 12.1. The molecule has 2 nitrogen and oxygen atoms in total. The summed E-state index contributed by atoms with van der Waals surface area (Å²) < 4.78 is 6.69. The molecule has 9 rings (SSSR count). The number of furan rings is 1. The van der Waals surface area contributed by atoms with Crippen LogP contribution in [0.1, 0.15) is 0 Å². The van der Waals surface area contributed by atoms with Crippen molar-refractivity contribution in [1.29, 1.82) is 0 Å². The van der Waals surface area contributed by atoms with E-state index in [1.807, 2.05) is 0 Å². The van der Waals surface area contributed by atoms with Crippen LogP contribution in [0, 0.1) is 0 Å². The van der Waals surface area contributed by atoms with Crippen LogP contribution < -0.4 is 4.90 Å². The average molecular weight is 614 g/mol. The minimum absolute atomic E-state index is 0.900. The van der Waals surface area contributed by atoms with E-state index in [9.17, 15) is 0 Å². The van der Waals surface area contributed by atoms with E-state index in [2.05, 4.69) is 193 Å². The summed E-state index contributed by atoms with van der Waals surface area (Å²) in [5.74, 6) is 0. The topological polar surface area (TPSA) is 16.4 Å². The molecular formula is C46H31NO. The molecule has 0 aliphatic heterocycles. The predicted molar refractivity (Wildman–Crippen MR) is 202 cm³/mol. The van der Waals surface area contributed by atoms with Crippen LogP contribution in [0.5, 0.6) is 0 Å². The monoisotopic (exact) mass is 613 g/mol. The number of hydrogen-bond acceptors (Lipinski definition) is 2. The van der Waals surface area contributed by atoms with Crippen molar-refractivity contribution in [3.05, 3.63) is 188 Å². The second-order valence-electron chi connectivity index (χ2n) is 12.1. The van der Waals surface area contributed by atoms with Gasteiger partial charge < -0.3 is 9.32 Å². The third-order valence-corrected chi connectivity index (χ3v) is 9.26. The summed E-state index contributed by atoms with van der Waals surface area (Å²) in [7, 11) is 0. The van der Waals surface area contributed by atoms with Gasteiger partial charge in [-0.05, 0) is 87.1 Å². The Kier molecular flexibility index (Phi) is 6.84. The zero-order chi connectivity index (χ0) is 31.9. The van der Waals surface area contributed by atoms with Crippen LogP contribution in [0.25, 0.3) is 66.1 Å². The lowest BCUT2D eigenvalue weighted by molar-refractivity contribution is 0.670. The third kappa shape index (κ3) is 4.83. The minimum Gasteiger partial charge on any atom is -0.455 e. The fraction of sp³-hybridized carbons (Fsp3) is 0. The van der Waals surface area contributed by atoms with E-state index >= 15 is 0 Å². The van der Waals surface area contributed by atoms with E-state index in [1.54, 1.807) is 0 Å². The summed E-state index contributed by atoms with van der Waals surface area (Å²) in [6.07, 6.45) is 0. The molecule has 0 aliphatic carbocycles. The van der Waals surface area contributed by atoms with Crippen LogP contribution in [-0.2, 0) is 0 Å². The van der Waals surface area contributed by atoms with Crippen molar-refractivity contribution in [3.8, 4) is 33.4 Å². The summed E-state index contributed by atoms with van der Waals surface area (Å²) in [6, 6.07) is 66.6. The predicted octanol–water partition coefficient (Wildman–Crippen LogP) is 13.2. The van der Waals surface area contributed by atoms with Crippen molar-refractivity contribution in [2.24, 2.45) is 0 Å². The molecule has 0 radical (unpaired) electrons. The highest BCUT2D eigenvalue weighted by atomic mass is 16.3. The maximum absolute atomic E-state index is 6.69. The molecule has 0 aliphatic rings. The Labute approximate surface area is 279 Å². The first-order valence-electron chi connectivity index (χ1n) is 16.4. The minimum atomic E-state index is 0.900. The van der Waals surface area contributed by atoms with Gasteiger partial charge >= 0.3 is 0 Å². The molecule has 0 bridgehead atoms. The van der Waals surface area contributed by atoms with E-state index in [0.29, 0.717) is 0 Å². The quantitative estimate of drug-likeness (QED) is 0.185. The van der Waals surface area contributed by atoms with Crippen LogP contribution in [0.15, 0.2) is 192 Å². The molecule has 9 aromatic rings. The van der Waals surface area contributed by atoms with E-state index < -0.39 is 0 Å². The molecule has 8 aromatic carbocycles. The van der Waals surface area contributed by atoms with Crippen LogP contribution in [0.4, 0.5) is 17.1 Å². The standard InChI is InChI=1S/C46H31NO/c1-4-13-34(14-5-1)42-31-36-15-10-11-20-41(36)45-44-40(21-12-22-43(44)48-46(42)45)35-25-23-32(24-26-35)33-27-29-39(30-28-33)47(37-16-6-2-7-17-37)38-18-8-3-9-19-38/h1-31H. The highest BCUT2D eigenvalue weighted by molar-refractivity contribution is 6.25. The van der Waals surface area contributed by atoms with Gasteiger partial charge in [0.15, 0.2) is 0 Å². The first-order valence-corrected chi connectivity index (χ1v) is 16.4. The van der Waals surface area contributed by atoms with Gasteiger partial charge in [0, 0.05) is 33.4 Å². The van der Waals surface area contributed by atoms with Crippen LogP contribution in [0.3, 0.4) is 0 Å². The lowest BCUT2D eigenvalue weighted by Gasteiger charge is -2.25. The Balaban J connectivity index is 1.12. The molecule has 0 fully saturated rings. The Morgan fingerprint density at radius 1 is 0.354 bits per heavy atom. The Hall–Kier alpha value is -6.38. The molecule has 0 N–H and O–H groups in total. The zero-order valence-corrected chi connectivity index (χ0v) is 26.3. The van der Waals surface area contributed by atoms with Gasteiger partial charge in [-0.2, -0.15) is 0 Å². The molecule has 0 atom stereocenters. The number of para-hydroxylation sites is 2. The van der Waals surface area contributed by atoms with Gasteiger partial charge in [0.2, 0.25) is 0 Å². The fourth-order valence-electron chi connectivity index (χ4n) is 6.99. The number of hydrogen-bond donors (Lipinski definition) is 0. The average Bonchev–Trinajstić information content (AvgIpc) is 3.57. The molecule has 0 amide bonds. The van der Waals surface area contributed by atoms with Crippen molar-refractivity contribution in [1.82, 2.24) is 0 Å². The van der Waals surface area contributed by atoms with Crippen LogP contribution >= 0.6 is 0 Å². The molecule has 0 saturated carbocycles. The van der Waals surface area contributed by atoms with E-state index in [-0.39, 0.29) is 0 Å². The van der Waals surface area contributed by atoms with Gasteiger partial charge in [0.1, 0.15) is 11.2 Å². The Morgan fingerprint density at radius 3 is 1.54 bits per heavy atom. The molecule has 226 valence electrons. The Morgan fingerprint density at radius 2 is 0.875 bits per heavy atom. The lowest BCUT2D eigenvalue weighted by Crippen LogP contribution is -2.09. The number of fused-ring (bicyclic) bond motifs is 5. The van der Waals surface area contributed by atoms with Gasteiger partial charge in [-0.15, -0.1) is 0 Å². The SMILES string of the molecule is c1ccc(-c2cc3ccccc3c3c2oc2cccc(-c4ccc(-c5ccc(N(c6ccccc6)c6ccccc6)cc5)cc4)c23)cc1. The maximum Gasteiger partial charge on any atom is 0.143 e.